The number of carbonyl (C=O) groups excluding carboxylic acids is 3. The van der Waals surface area contributed by atoms with Crippen LogP contribution in [0, 0.1) is 0 Å². The minimum absolute atomic E-state index is 0.00449. The molecule has 0 heterocycles. The molecule has 0 aliphatic carbocycles. The monoisotopic (exact) mass is 362 g/mol. The van der Waals surface area contributed by atoms with Crippen LogP contribution in [0.1, 0.15) is 18.4 Å². The maximum atomic E-state index is 12.0. The van der Waals surface area contributed by atoms with Crippen LogP contribution in [-0.2, 0) is 35.1 Å². The highest BCUT2D eigenvalue weighted by molar-refractivity contribution is 5.78. The zero-order chi connectivity index (χ0) is 19.2. The molecular weight excluding hydrogens is 340 g/mol. The van der Waals surface area contributed by atoms with Crippen molar-refractivity contribution in [2.24, 2.45) is 0 Å². The van der Waals surface area contributed by atoms with Gasteiger partial charge in [0.1, 0.15) is 19.8 Å². The van der Waals surface area contributed by atoms with Crippen molar-refractivity contribution in [2.75, 3.05) is 13.2 Å². The quantitative estimate of drug-likeness (QED) is 0.340. The molecule has 0 fully saturated rings. The molecule has 0 N–H and O–H groups in total. The van der Waals surface area contributed by atoms with Gasteiger partial charge in [-0.2, -0.15) is 0 Å². The van der Waals surface area contributed by atoms with Gasteiger partial charge in [0, 0.05) is 12.8 Å². The van der Waals surface area contributed by atoms with Crippen LogP contribution in [0.25, 0.3) is 0 Å². The van der Waals surface area contributed by atoms with E-state index in [1.165, 1.54) is 12.2 Å². The fourth-order valence-electron chi connectivity index (χ4n) is 1.80. The fourth-order valence-corrected chi connectivity index (χ4v) is 1.80. The molecule has 26 heavy (non-hydrogen) atoms. The number of ether oxygens (including phenoxy) is 4. The minimum Gasteiger partial charge on any atom is -0.461 e. The highest BCUT2D eigenvalue weighted by Crippen LogP contribution is 2.10. The number of esters is 2. The van der Waals surface area contributed by atoms with E-state index in [1.807, 2.05) is 6.07 Å². The Balaban J connectivity index is 2.54. The number of hydrogen-bond donors (Lipinski definition) is 0. The van der Waals surface area contributed by atoms with Crippen molar-refractivity contribution in [3.63, 3.8) is 0 Å². The molecule has 0 bridgehead atoms. The van der Waals surface area contributed by atoms with E-state index < -0.39 is 24.2 Å². The van der Waals surface area contributed by atoms with Crippen LogP contribution in [0.15, 0.2) is 55.6 Å². The molecule has 1 aromatic carbocycles. The number of benzene rings is 1. The van der Waals surface area contributed by atoms with Crippen molar-refractivity contribution in [2.45, 2.75) is 25.6 Å². The van der Waals surface area contributed by atoms with Gasteiger partial charge in [-0.1, -0.05) is 55.6 Å². The Morgan fingerprint density at radius 1 is 0.962 bits per heavy atom. The van der Waals surface area contributed by atoms with Crippen molar-refractivity contribution in [1.29, 1.82) is 0 Å². The maximum absolute atomic E-state index is 12.0. The third kappa shape index (κ3) is 8.68. The molecule has 0 aliphatic rings. The Labute approximate surface area is 152 Å². The maximum Gasteiger partial charge on any atom is 0.509 e. The first-order valence-electron chi connectivity index (χ1n) is 7.98. The third-order valence-electron chi connectivity index (χ3n) is 3.02. The van der Waals surface area contributed by atoms with Gasteiger partial charge in [-0.3, -0.25) is 4.79 Å². The number of hydrogen-bond acceptors (Lipinski definition) is 7. The SMILES string of the molecule is C=CCOC(=O)CCC(OC(=O)OCc1ccccc1)C(=O)OCC=C. The van der Waals surface area contributed by atoms with Crippen LogP contribution in [0.5, 0.6) is 0 Å². The van der Waals surface area contributed by atoms with Crippen molar-refractivity contribution in [1.82, 2.24) is 0 Å². The summed E-state index contributed by atoms with van der Waals surface area (Å²) in [5, 5.41) is 0. The molecule has 7 nitrogen and oxygen atoms in total. The lowest BCUT2D eigenvalue weighted by atomic mass is 10.2. The van der Waals surface area contributed by atoms with Gasteiger partial charge in [0.15, 0.2) is 0 Å². The van der Waals surface area contributed by atoms with Crippen molar-refractivity contribution >= 4 is 18.1 Å². The summed E-state index contributed by atoms with van der Waals surface area (Å²) < 4.78 is 19.6. The molecule has 0 spiro atoms. The van der Waals surface area contributed by atoms with Crippen LogP contribution in [0.2, 0.25) is 0 Å². The summed E-state index contributed by atoms with van der Waals surface area (Å²) in [5.41, 5.74) is 0.767. The average Bonchev–Trinajstić information content (AvgIpc) is 2.66. The van der Waals surface area contributed by atoms with E-state index in [2.05, 4.69) is 13.2 Å². The highest BCUT2D eigenvalue weighted by atomic mass is 16.7. The first-order chi connectivity index (χ1) is 12.6. The van der Waals surface area contributed by atoms with Crippen molar-refractivity contribution in [3.8, 4) is 0 Å². The molecule has 7 heteroatoms. The van der Waals surface area contributed by atoms with E-state index in [0.29, 0.717) is 0 Å². The second-order valence-corrected chi connectivity index (χ2v) is 5.06. The van der Waals surface area contributed by atoms with Crippen LogP contribution in [0.4, 0.5) is 4.79 Å². The van der Waals surface area contributed by atoms with Gasteiger partial charge in [0.25, 0.3) is 0 Å². The van der Waals surface area contributed by atoms with E-state index in [9.17, 15) is 14.4 Å². The summed E-state index contributed by atoms with van der Waals surface area (Å²) in [4.78, 5) is 35.3. The molecule has 0 amide bonds. The topological polar surface area (TPSA) is 88.1 Å². The predicted octanol–water partition coefficient (Wildman–Crippen LogP) is 2.95. The minimum atomic E-state index is -1.28. The number of rotatable bonds is 11. The highest BCUT2D eigenvalue weighted by Gasteiger charge is 2.26. The van der Waals surface area contributed by atoms with Crippen molar-refractivity contribution in [3.05, 3.63) is 61.2 Å². The van der Waals surface area contributed by atoms with Crippen LogP contribution >= 0.6 is 0 Å². The second kappa shape index (κ2) is 12.3. The lowest BCUT2D eigenvalue weighted by molar-refractivity contribution is -0.155. The zero-order valence-corrected chi connectivity index (χ0v) is 14.4. The standard InChI is InChI=1S/C19H22O7/c1-3-12-23-17(20)11-10-16(18(21)24-13-4-2)26-19(22)25-14-15-8-6-5-7-9-15/h3-9,16H,1-2,10-14H2. The smallest absolute Gasteiger partial charge is 0.461 e. The number of carbonyl (C=O) groups is 3. The zero-order valence-electron chi connectivity index (χ0n) is 14.4. The molecule has 1 unspecified atom stereocenters. The molecule has 0 radical (unpaired) electrons. The molecule has 1 rings (SSSR count). The van der Waals surface area contributed by atoms with Crippen molar-refractivity contribution < 1.29 is 33.3 Å². The molecular formula is C19H22O7. The second-order valence-electron chi connectivity index (χ2n) is 5.06. The molecule has 1 atom stereocenters. The van der Waals surface area contributed by atoms with Gasteiger partial charge in [-0.15, -0.1) is 0 Å². The third-order valence-corrected chi connectivity index (χ3v) is 3.02. The van der Waals surface area contributed by atoms with Gasteiger partial charge < -0.3 is 18.9 Å². The van der Waals surface area contributed by atoms with Gasteiger partial charge in [0.05, 0.1) is 0 Å². The Morgan fingerprint density at radius 3 is 2.27 bits per heavy atom. The molecule has 0 aromatic heterocycles. The Bertz CT molecular complexity index is 610. The molecule has 0 saturated heterocycles. The van der Waals surface area contributed by atoms with E-state index in [0.717, 1.165) is 5.56 Å². The van der Waals surface area contributed by atoms with Gasteiger partial charge in [-0.05, 0) is 5.56 Å². The fraction of sp³-hybridized carbons (Fsp3) is 0.316. The largest absolute Gasteiger partial charge is 0.509 e. The molecule has 140 valence electrons. The predicted molar refractivity (Wildman–Crippen MR) is 93.0 cm³/mol. The Hall–Kier alpha value is -3.09. The van der Waals surface area contributed by atoms with E-state index in [-0.39, 0.29) is 32.7 Å². The summed E-state index contributed by atoms with van der Waals surface area (Å²) in [6, 6.07) is 8.99. The summed E-state index contributed by atoms with van der Waals surface area (Å²) in [6.45, 7) is 6.87. The first kappa shape index (κ1) is 21.0. The normalized spacial score (nSPS) is 10.9. The summed E-state index contributed by atoms with van der Waals surface area (Å²) in [6.07, 6.45) is 0.259. The van der Waals surface area contributed by atoms with E-state index in [4.69, 9.17) is 18.9 Å². The van der Waals surface area contributed by atoms with Crippen LogP contribution < -0.4 is 0 Å². The molecule has 1 aromatic rings. The summed E-state index contributed by atoms with van der Waals surface area (Å²) >= 11 is 0. The first-order valence-corrected chi connectivity index (χ1v) is 7.98. The van der Waals surface area contributed by atoms with Crippen LogP contribution in [0.3, 0.4) is 0 Å². The Morgan fingerprint density at radius 2 is 1.62 bits per heavy atom. The molecule has 0 saturated carbocycles. The lowest BCUT2D eigenvalue weighted by Crippen LogP contribution is -2.30. The van der Waals surface area contributed by atoms with Crippen LogP contribution in [-0.4, -0.2) is 37.4 Å². The Kier molecular flexibility index (Phi) is 9.91. The summed E-state index contributed by atoms with van der Waals surface area (Å²) in [5.74, 6) is -1.34. The van der Waals surface area contributed by atoms with E-state index >= 15 is 0 Å². The lowest BCUT2D eigenvalue weighted by Gasteiger charge is -2.16. The van der Waals surface area contributed by atoms with E-state index in [1.54, 1.807) is 24.3 Å². The average molecular weight is 362 g/mol. The van der Waals surface area contributed by atoms with Gasteiger partial charge >= 0.3 is 18.1 Å². The van der Waals surface area contributed by atoms with Gasteiger partial charge in [-0.25, -0.2) is 9.59 Å². The molecule has 0 aliphatic heterocycles. The van der Waals surface area contributed by atoms with Gasteiger partial charge in [0.2, 0.25) is 6.10 Å². The summed E-state index contributed by atoms with van der Waals surface area (Å²) in [7, 11) is 0.